The lowest BCUT2D eigenvalue weighted by Gasteiger charge is -2.34. The highest BCUT2D eigenvalue weighted by atomic mass is 35.5. The number of hydrogen-bond donors (Lipinski definition) is 0. The third-order valence-corrected chi connectivity index (χ3v) is 10.3. The molecule has 2 amide bonds. The molecule has 0 saturated carbocycles. The zero-order valence-electron chi connectivity index (χ0n) is 23.7. The second-order valence-electron chi connectivity index (χ2n) is 11.8. The van der Waals surface area contributed by atoms with Crippen LogP contribution in [0.4, 0.5) is 0 Å². The van der Waals surface area contributed by atoms with E-state index >= 15 is 0 Å². The highest BCUT2D eigenvalue weighted by Gasteiger charge is 2.36. The van der Waals surface area contributed by atoms with E-state index < -0.39 is 0 Å². The largest absolute Gasteiger partial charge is 0.381 e. The Morgan fingerprint density at radius 3 is 2.38 bits per heavy atom. The van der Waals surface area contributed by atoms with Crippen LogP contribution in [0.5, 0.6) is 0 Å². The molecule has 0 N–H and O–H groups in total. The molecule has 1 aromatic heterocycles. The fourth-order valence-corrected chi connectivity index (χ4v) is 7.91. The van der Waals surface area contributed by atoms with E-state index in [-0.39, 0.29) is 11.8 Å². The minimum atomic E-state index is -0.191. The Morgan fingerprint density at radius 2 is 1.69 bits per heavy atom. The van der Waals surface area contributed by atoms with Crippen LogP contribution in [-0.4, -0.2) is 79.0 Å². The molecule has 2 saturated heterocycles. The minimum absolute atomic E-state index is 0.191. The number of carbonyl (C=O) groups is 2. The van der Waals surface area contributed by atoms with Gasteiger partial charge in [0.15, 0.2) is 0 Å². The van der Waals surface area contributed by atoms with Gasteiger partial charge in [0.05, 0.1) is 11.1 Å². The smallest absolute Gasteiger partial charge is 0.261 e. The van der Waals surface area contributed by atoms with Gasteiger partial charge in [0.25, 0.3) is 11.8 Å². The van der Waals surface area contributed by atoms with Crippen molar-refractivity contribution in [2.45, 2.75) is 31.7 Å². The Balaban J connectivity index is 0.933. The van der Waals surface area contributed by atoms with Crippen molar-refractivity contribution >= 4 is 46.4 Å². The number of benzene rings is 2. The van der Waals surface area contributed by atoms with Gasteiger partial charge in [0.2, 0.25) is 0 Å². The highest BCUT2D eigenvalue weighted by molar-refractivity contribution is 7.08. The van der Waals surface area contributed by atoms with Crippen LogP contribution in [-0.2, 0) is 11.3 Å². The lowest BCUT2D eigenvalue weighted by molar-refractivity contribution is 0.0523. The van der Waals surface area contributed by atoms with Crippen molar-refractivity contribution in [1.29, 1.82) is 0 Å². The van der Waals surface area contributed by atoms with E-state index in [1.54, 1.807) is 35.6 Å². The molecule has 0 unspecified atom stereocenters. The number of amides is 2. The molecule has 6 nitrogen and oxygen atoms in total. The van der Waals surface area contributed by atoms with E-state index in [0.29, 0.717) is 53.5 Å². The quantitative estimate of drug-likeness (QED) is 0.176. The van der Waals surface area contributed by atoms with E-state index in [1.165, 1.54) is 10.5 Å². The first-order valence-electron chi connectivity index (χ1n) is 14.9. The number of imide groups is 1. The lowest BCUT2D eigenvalue weighted by Crippen LogP contribution is -2.39. The van der Waals surface area contributed by atoms with Crippen LogP contribution in [0.25, 0.3) is 0 Å². The Hall–Kier alpha value is -2.26. The monoisotopic (exact) mass is 625 g/mol. The third-order valence-electron chi connectivity index (χ3n) is 9.00. The first-order valence-corrected chi connectivity index (χ1v) is 16.6. The summed E-state index contributed by atoms with van der Waals surface area (Å²) in [5.74, 6) is 1.29. The Kier molecular flexibility index (Phi) is 9.63. The van der Waals surface area contributed by atoms with Crippen molar-refractivity contribution in [2.24, 2.45) is 11.8 Å². The van der Waals surface area contributed by atoms with Gasteiger partial charge in [-0.3, -0.25) is 19.4 Å². The number of carbonyl (C=O) groups excluding carboxylic acids is 2. The van der Waals surface area contributed by atoms with Crippen molar-refractivity contribution in [1.82, 2.24) is 14.7 Å². The lowest BCUT2D eigenvalue weighted by atomic mass is 9.89. The number of ether oxygens (including phenoxy) is 1. The molecule has 3 aliphatic heterocycles. The summed E-state index contributed by atoms with van der Waals surface area (Å²) < 4.78 is 6.01. The molecule has 42 heavy (non-hydrogen) atoms. The molecule has 2 atom stereocenters. The Labute approximate surface area is 262 Å². The first-order chi connectivity index (χ1) is 20.5. The van der Waals surface area contributed by atoms with E-state index in [0.717, 1.165) is 69.3 Å². The predicted octanol–water partition coefficient (Wildman–Crippen LogP) is 6.69. The van der Waals surface area contributed by atoms with Crippen LogP contribution >= 0.6 is 34.5 Å². The van der Waals surface area contributed by atoms with Crippen molar-refractivity contribution in [2.75, 3.05) is 52.5 Å². The molecule has 6 rings (SSSR count). The van der Waals surface area contributed by atoms with Crippen LogP contribution in [0.3, 0.4) is 0 Å². The van der Waals surface area contributed by atoms with Gasteiger partial charge in [-0.2, -0.15) is 11.3 Å². The summed E-state index contributed by atoms with van der Waals surface area (Å²) in [5, 5.41) is 5.92. The fraction of sp³-hybridized carbons (Fsp3) is 0.455. The van der Waals surface area contributed by atoms with E-state index in [1.807, 2.05) is 12.1 Å². The van der Waals surface area contributed by atoms with Gasteiger partial charge >= 0.3 is 0 Å². The van der Waals surface area contributed by atoms with Crippen LogP contribution in [0.15, 0.2) is 59.3 Å². The summed E-state index contributed by atoms with van der Waals surface area (Å²) in [4.78, 5) is 31.6. The third kappa shape index (κ3) is 6.77. The summed E-state index contributed by atoms with van der Waals surface area (Å²) in [6.07, 6.45) is 2.93. The number of nitrogens with zero attached hydrogens (tertiary/aromatic N) is 3. The van der Waals surface area contributed by atoms with Crippen molar-refractivity contribution < 1.29 is 14.3 Å². The number of thiophene rings is 1. The number of halogens is 2. The molecule has 0 radical (unpaired) electrons. The average molecular weight is 627 g/mol. The topological polar surface area (TPSA) is 53.1 Å². The zero-order chi connectivity index (χ0) is 29.1. The SMILES string of the molecule is O=C1c2ccccc2C(=O)N1CCCOCC1CCN(C[C@H]2CN(Cc3ccc(Cl)cc3Cl)C[C@@H]2c2ccsc2)CC1. The number of fused-ring (bicyclic) bond motifs is 1. The number of likely N-dealkylation sites (tertiary alicyclic amines) is 2. The van der Waals surface area contributed by atoms with Crippen molar-refractivity contribution in [3.05, 3.63) is 91.6 Å². The van der Waals surface area contributed by atoms with E-state index in [2.05, 4.69) is 32.7 Å². The summed E-state index contributed by atoms with van der Waals surface area (Å²) in [6, 6.07) is 15.1. The molecule has 222 valence electrons. The second kappa shape index (κ2) is 13.6. The van der Waals surface area contributed by atoms with Crippen molar-refractivity contribution in [3.8, 4) is 0 Å². The molecule has 0 bridgehead atoms. The molecule has 2 fully saturated rings. The maximum atomic E-state index is 12.5. The summed E-state index contributed by atoms with van der Waals surface area (Å²) >= 11 is 14.4. The number of hydrogen-bond acceptors (Lipinski definition) is 6. The van der Waals surface area contributed by atoms with Gasteiger partial charge in [-0.05, 0) is 96.4 Å². The van der Waals surface area contributed by atoms with Crippen LogP contribution < -0.4 is 0 Å². The molecule has 0 spiro atoms. The molecule has 4 heterocycles. The van der Waals surface area contributed by atoms with Gasteiger partial charge < -0.3 is 9.64 Å². The normalized spacial score (nSPS) is 21.9. The number of piperidine rings is 1. The maximum absolute atomic E-state index is 12.5. The molecule has 3 aromatic rings. The van der Waals surface area contributed by atoms with Gasteiger partial charge in [0.1, 0.15) is 0 Å². The van der Waals surface area contributed by atoms with E-state index in [9.17, 15) is 9.59 Å². The van der Waals surface area contributed by atoms with Gasteiger partial charge in [-0.25, -0.2) is 0 Å². The molecule has 0 aliphatic carbocycles. The standard InChI is InChI=1S/C33H37Cl2N3O3S/c34-27-7-6-24(31(35)16-27)17-37-19-26(30(20-37)25-10-15-42-22-25)18-36-12-8-23(9-13-36)21-41-14-3-11-38-32(39)28-4-1-2-5-29(28)33(38)40/h1-2,4-7,10,15-16,22-23,26,30H,3,8-9,11-14,17-21H2/t26-,30+/m0/s1. The minimum Gasteiger partial charge on any atom is -0.381 e. The fourth-order valence-electron chi connectivity index (χ4n) is 6.71. The van der Waals surface area contributed by atoms with Gasteiger partial charge in [-0.1, -0.05) is 41.4 Å². The summed E-state index contributed by atoms with van der Waals surface area (Å²) in [7, 11) is 0. The van der Waals surface area contributed by atoms with Crippen LogP contribution in [0.2, 0.25) is 10.0 Å². The van der Waals surface area contributed by atoms with Crippen molar-refractivity contribution in [3.63, 3.8) is 0 Å². The average Bonchev–Trinajstić information content (AvgIpc) is 3.71. The van der Waals surface area contributed by atoms with Gasteiger partial charge in [-0.15, -0.1) is 0 Å². The van der Waals surface area contributed by atoms with Crippen LogP contribution in [0.1, 0.15) is 57.0 Å². The molecule has 2 aromatic carbocycles. The predicted molar refractivity (Wildman–Crippen MR) is 169 cm³/mol. The summed E-state index contributed by atoms with van der Waals surface area (Å²) in [6.45, 7) is 7.97. The highest BCUT2D eigenvalue weighted by Crippen LogP contribution is 2.36. The van der Waals surface area contributed by atoms with Gasteiger partial charge in [0, 0.05) is 61.9 Å². The maximum Gasteiger partial charge on any atom is 0.261 e. The number of rotatable bonds is 11. The molecular weight excluding hydrogens is 589 g/mol. The second-order valence-corrected chi connectivity index (χ2v) is 13.5. The molecule has 3 aliphatic rings. The molecular formula is C33H37Cl2N3O3S. The van der Waals surface area contributed by atoms with E-state index in [4.69, 9.17) is 27.9 Å². The molecule has 9 heteroatoms. The van der Waals surface area contributed by atoms with Crippen LogP contribution in [0, 0.1) is 11.8 Å². The first kappa shape index (κ1) is 29.8. The zero-order valence-corrected chi connectivity index (χ0v) is 26.0. The Bertz CT molecular complexity index is 1360. The Morgan fingerprint density at radius 1 is 0.929 bits per heavy atom. The summed E-state index contributed by atoms with van der Waals surface area (Å²) in [5.41, 5.74) is 3.61.